The Morgan fingerprint density at radius 1 is 1.32 bits per heavy atom. The number of benzene rings is 1. The highest BCUT2D eigenvalue weighted by atomic mass is 19.4. The molecular formula is C13H14F3NO2. The zero-order valence-corrected chi connectivity index (χ0v) is 10.2. The number of carbonyl (C=O) groups excluding carboxylic acids is 1. The van der Waals surface area contributed by atoms with Gasteiger partial charge in [-0.25, -0.2) is 0 Å². The first-order valence-electron chi connectivity index (χ1n) is 6.03. The van der Waals surface area contributed by atoms with Crippen LogP contribution in [0, 0.1) is 0 Å². The van der Waals surface area contributed by atoms with Gasteiger partial charge in [0.25, 0.3) is 0 Å². The molecule has 1 aliphatic rings. The van der Waals surface area contributed by atoms with Gasteiger partial charge in [-0.05, 0) is 31.4 Å². The van der Waals surface area contributed by atoms with E-state index in [1.165, 1.54) is 12.1 Å². The molecule has 0 radical (unpaired) electrons. The van der Waals surface area contributed by atoms with Crippen molar-refractivity contribution in [3.63, 3.8) is 0 Å². The van der Waals surface area contributed by atoms with Crippen LogP contribution in [0.5, 0.6) is 0 Å². The fourth-order valence-corrected chi connectivity index (χ4v) is 2.15. The largest absolute Gasteiger partial charge is 0.418 e. The molecule has 1 fully saturated rings. The second-order valence-electron chi connectivity index (χ2n) is 4.48. The van der Waals surface area contributed by atoms with Crippen molar-refractivity contribution in [3.8, 4) is 0 Å². The number of ketones is 1. The van der Waals surface area contributed by atoms with E-state index in [0.717, 1.165) is 18.9 Å². The summed E-state index contributed by atoms with van der Waals surface area (Å²) in [5.41, 5.74) is 3.87. The van der Waals surface area contributed by atoms with Crippen LogP contribution in [0.25, 0.3) is 0 Å². The van der Waals surface area contributed by atoms with Crippen LogP contribution >= 0.6 is 0 Å². The molecule has 1 saturated heterocycles. The summed E-state index contributed by atoms with van der Waals surface area (Å²) in [5.74, 6) is -0.469. The number of hydrogen-bond acceptors (Lipinski definition) is 3. The van der Waals surface area contributed by atoms with E-state index < -0.39 is 29.3 Å². The summed E-state index contributed by atoms with van der Waals surface area (Å²) in [6.07, 6.45) is -3.03. The topological polar surface area (TPSA) is 52.3 Å². The van der Waals surface area contributed by atoms with E-state index in [9.17, 15) is 18.0 Å². The lowest BCUT2D eigenvalue weighted by molar-refractivity contribution is -0.136. The number of halogens is 3. The number of hydrogen-bond donors (Lipinski definition) is 1. The van der Waals surface area contributed by atoms with Gasteiger partial charge in [0.15, 0.2) is 5.78 Å². The zero-order valence-electron chi connectivity index (χ0n) is 10.2. The summed E-state index contributed by atoms with van der Waals surface area (Å²) in [7, 11) is 0. The molecule has 2 N–H and O–H groups in total. The van der Waals surface area contributed by atoms with Crippen molar-refractivity contribution in [1.82, 2.24) is 0 Å². The lowest BCUT2D eigenvalue weighted by Gasteiger charge is -2.22. The Morgan fingerprint density at radius 2 is 2.05 bits per heavy atom. The SMILES string of the molecule is Nc1c(C(=O)C2CCCCO2)cccc1C(F)(F)F. The fraction of sp³-hybridized carbons (Fsp3) is 0.462. The lowest BCUT2D eigenvalue weighted by Crippen LogP contribution is -2.29. The predicted octanol–water partition coefficient (Wildman–Crippen LogP) is 3.04. The number of carbonyl (C=O) groups is 1. The number of nitrogens with two attached hydrogens (primary N) is 1. The molecule has 0 aromatic heterocycles. The van der Waals surface area contributed by atoms with Gasteiger partial charge >= 0.3 is 6.18 Å². The third kappa shape index (κ3) is 2.89. The van der Waals surface area contributed by atoms with Crippen LogP contribution in [0.3, 0.4) is 0 Å². The Balaban J connectivity index is 2.32. The molecule has 0 saturated carbocycles. The van der Waals surface area contributed by atoms with E-state index in [4.69, 9.17) is 10.5 Å². The van der Waals surface area contributed by atoms with Crippen molar-refractivity contribution in [2.24, 2.45) is 0 Å². The average molecular weight is 273 g/mol. The molecule has 0 bridgehead atoms. The molecule has 1 aliphatic heterocycles. The van der Waals surface area contributed by atoms with Crippen molar-refractivity contribution in [3.05, 3.63) is 29.3 Å². The Hall–Kier alpha value is -1.56. The van der Waals surface area contributed by atoms with Crippen LogP contribution in [0.1, 0.15) is 35.2 Å². The highest BCUT2D eigenvalue weighted by Crippen LogP contribution is 2.35. The van der Waals surface area contributed by atoms with E-state index in [0.29, 0.717) is 13.0 Å². The summed E-state index contributed by atoms with van der Waals surface area (Å²) in [4.78, 5) is 12.1. The van der Waals surface area contributed by atoms with Crippen LogP contribution in [-0.4, -0.2) is 18.5 Å². The Kier molecular flexibility index (Phi) is 3.80. The normalized spacial score (nSPS) is 20.3. The predicted molar refractivity (Wildman–Crippen MR) is 63.8 cm³/mol. The Bertz CT molecular complexity index is 479. The zero-order chi connectivity index (χ0) is 14.0. The van der Waals surface area contributed by atoms with Crippen molar-refractivity contribution in [2.45, 2.75) is 31.5 Å². The van der Waals surface area contributed by atoms with E-state index in [2.05, 4.69) is 0 Å². The van der Waals surface area contributed by atoms with E-state index in [1.54, 1.807) is 0 Å². The van der Waals surface area contributed by atoms with Gasteiger partial charge < -0.3 is 10.5 Å². The maximum atomic E-state index is 12.7. The minimum absolute atomic E-state index is 0.110. The quantitative estimate of drug-likeness (QED) is 0.665. The number of alkyl halides is 3. The van der Waals surface area contributed by atoms with E-state index in [-0.39, 0.29) is 5.56 Å². The Morgan fingerprint density at radius 3 is 2.63 bits per heavy atom. The summed E-state index contributed by atoms with van der Waals surface area (Å²) >= 11 is 0. The first kappa shape index (κ1) is 13.9. The van der Waals surface area contributed by atoms with Gasteiger partial charge in [0.1, 0.15) is 6.10 Å². The monoisotopic (exact) mass is 273 g/mol. The second-order valence-corrected chi connectivity index (χ2v) is 4.48. The number of anilines is 1. The molecule has 2 rings (SSSR count). The van der Waals surface area contributed by atoms with Crippen molar-refractivity contribution in [1.29, 1.82) is 0 Å². The first-order valence-corrected chi connectivity index (χ1v) is 6.03. The molecule has 104 valence electrons. The van der Waals surface area contributed by atoms with Crippen molar-refractivity contribution < 1.29 is 22.7 Å². The highest BCUT2D eigenvalue weighted by molar-refractivity contribution is 6.04. The molecule has 0 aliphatic carbocycles. The van der Waals surface area contributed by atoms with Crippen LogP contribution in [0.15, 0.2) is 18.2 Å². The van der Waals surface area contributed by atoms with Gasteiger partial charge in [-0.3, -0.25) is 4.79 Å². The molecule has 1 atom stereocenters. The van der Waals surface area contributed by atoms with Crippen molar-refractivity contribution in [2.75, 3.05) is 12.3 Å². The number of ether oxygens (including phenoxy) is 1. The molecule has 1 aromatic rings. The first-order chi connectivity index (χ1) is 8.91. The molecule has 0 spiro atoms. The number of rotatable bonds is 2. The Labute approximate surface area is 108 Å². The van der Waals surface area contributed by atoms with Gasteiger partial charge in [-0.2, -0.15) is 13.2 Å². The molecule has 6 heteroatoms. The maximum absolute atomic E-state index is 12.7. The molecule has 3 nitrogen and oxygen atoms in total. The number of Topliss-reactive ketones (excluding diaryl/α,β-unsaturated/α-hetero) is 1. The van der Waals surface area contributed by atoms with Crippen molar-refractivity contribution >= 4 is 11.5 Å². The summed E-state index contributed by atoms with van der Waals surface area (Å²) in [5, 5.41) is 0. The van der Waals surface area contributed by atoms with Gasteiger partial charge in [0.2, 0.25) is 0 Å². The van der Waals surface area contributed by atoms with E-state index >= 15 is 0 Å². The molecule has 19 heavy (non-hydrogen) atoms. The molecule has 1 unspecified atom stereocenters. The van der Waals surface area contributed by atoms with Crippen LogP contribution in [0.2, 0.25) is 0 Å². The fourth-order valence-electron chi connectivity index (χ4n) is 2.15. The van der Waals surface area contributed by atoms with Crippen LogP contribution in [0.4, 0.5) is 18.9 Å². The molecule has 1 heterocycles. The lowest BCUT2D eigenvalue weighted by atomic mass is 9.96. The smallest absolute Gasteiger partial charge is 0.398 e. The third-order valence-corrected chi connectivity index (χ3v) is 3.15. The van der Waals surface area contributed by atoms with Gasteiger partial charge in [-0.1, -0.05) is 6.07 Å². The highest BCUT2D eigenvalue weighted by Gasteiger charge is 2.35. The van der Waals surface area contributed by atoms with E-state index in [1.807, 2.05) is 0 Å². The van der Waals surface area contributed by atoms with Gasteiger partial charge in [0, 0.05) is 12.2 Å². The maximum Gasteiger partial charge on any atom is 0.418 e. The van der Waals surface area contributed by atoms with Gasteiger partial charge in [-0.15, -0.1) is 0 Å². The second kappa shape index (κ2) is 5.21. The summed E-state index contributed by atoms with van der Waals surface area (Å²) in [6, 6.07) is 3.37. The minimum atomic E-state index is -4.56. The summed E-state index contributed by atoms with van der Waals surface area (Å²) < 4.78 is 43.4. The third-order valence-electron chi connectivity index (χ3n) is 3.15. The minimum Gasteiger partial charge on any atom is -0.398 e. The summed E-state index contributed by atoms with van der Waals surface area (Å²) in [6.45, 7) is 0.454. The van der Waals surface area contributed by atoms with Gasteiger partial charge in [0.05, 0.1) is 11.3 Å². The number of nitrogen functional groups attached to an aromatic ring is 1. The average Bonchev–Trinajstić information content (AvgIpc) is 2.38. The molecule has 1 aromatic carbocycles. The van der Waals surface area contributed by atoms with Crippen LogP contribution < -0.4 is 5.73 Å². The standard InChI is InChI=1S/C13H14F3NO2/c14-13(15,16)9-5-3-4-8(11(9)17)12(18)10-6-1-2-7-19-10/h3-5,10H,1-2,6-7,17H2. The van der Waals surface area contributed by atoms with Crippen LogP contribution in [-0.2, 0) is 10.9 Å². The molecule has 0 amide bonds. The number of para-hydroxylation sites is 1. The molecular weight excluding hydrogens is 259 g/mol.